The van der Waals surface area contributed by atoms with Gasteiger partial charge in [0.1, 0.15) is 0 Å². The van der Waals surface area contributed by atoms with Gasteiger partial charge in [-0.3, -0.25) is 19.7 Å². The fraction of sp³-hybridized carbons (Fsp3) is 0.577. The largest absolute Gasteiger partial charge is 0.355 e. The van der Waals surface area contributed by atoms with Crippen LogP contribution in [0.2, 0.25) is 0 Å². The molecule has 6 heteroatoms. The van der Waals surface area contributed by atoms with Crippen LogP contribution < -0.4 is 5.32 Å². The van der Waals surface area contributed by atoms with Crippen LogP contribution in [0.5, 0.6) is 0 Å². The van der Waals surface area contributed by atoms with Crippen molar-refractivity contribution in [3.8, 4) is 0 Å². The molecule has 1 amide bonds. The molecule has 1 aromatic carbocycles. The number of carbonyl (C=O) groups is 1. The van der Waals surface area contributed by atoms with E-state index in [9.17, 15) is 4.79 Å². The number of nitrogens with zero attached hydrogens (tertiary/aromatic N) is 4. The lowest BCUT2D eigenvalue weighted by molar-refractivity contribution is -0.123. The SMILES string of the molecule is C/N=C\c1ccc([C@@H]2C[C@@H](C)CN(CC(=O)NCC3CCN(C)CC3)C2)c2cccnc12. The number of pyridine rings is 1. The van der Waals surface area contributed by atoms with E-state index in [0.717, 1.165) is 50.2 Å². The summed E-state index contributed by atoms with van der Waals surface area (Å²) in [6.07, 6.45) is 7.23. The van der Waals surface area contributed by atoms with E-state index < -0.39 is 0 Å². The van der Waals surface area contributed by atoms with Gasteiger partial charge in [-0.25, -0.2) is 0 Å². The van der Waals surface area contributed by atoms with E-state index in [1.807, 2.05) is 18.5 Å². The van der Waals surface area contributed by atoms with Crippen molar-refractivity contribution in [2.45, 2.75) is 32.1 Å². The summed E-state index contributed by atoms with van der Waals surface area (Å²) in [5, 5.41) is 4.42. The van der Waals surface area contributed by atoms with Crippen molar-refractivity contribution < 1.29 is 4.79 Å². The number of piperidine rings is 2. The van der Waals surface area contributed by atoms with Gasteiger partial charge in [0.25, 0.3) is 0 Å². The maximum Gasteiger partial charge on any atom is 0.234 e. The molecular weight excluding hydrogens is 398 g/mol. The molecule has 3 heterocycles. The molecule has 172 valence electrons. The molecule has 2 aliphatic heterocycles. The van der Waals surface area contributed by atoms with Gasteiger partial charge in [0.05, 0.1) is 12.1 Å². The monoisotopic (exact) mass is 435 g/mol. The third kappa shape index (κ3) is 5.54. The number of amides is 1. The molecule has 0 bridgehead atoms. The second-order valence-corrected chi connectivity index (χ2v) is 9.81. The van der Waals surface area contributed by atoms with E-state index in [1.165, 1.54) is 23.8 Å². The number of carbonyl (C=O) groups excluding carboxylic acids is 1. The third-order valence-corrected chi connectivity index (χ3v) is 7.07. The molecule has 0 unspecified atom stereocenters. The fourth-order valence-electron chi connectivity index (χ4n) is 5.42. The Balaban J connectivity index is 1.41. The van der Waals surface area contributed by atoms with Crippen molar-refractivity contribution in [1.29, 1.82) is 0 Å². The van der Waals surface area contributed by atoms with Crippen LogP contribution in [0.3, 0.4) is 0 Å². The Labute approximate surface area is 192 Å². The Morgan fingerprint density at radius 3 is 2.84 bits per heavy atom. The lowest BCUT2D eigenvalue weighted by Crippen LogP contribution is -2.45. The second kappa shape index (κ2) is 10.5. The van der Waals surface area contributed by atoms with Gasteiger partial charge in [-0.15, -0.1) is 0 Å². The van der Waals surface area contributed by atoms with Gasteiger partial charge in [-0.05, 0) is 68.8 Å². The van der Waals surface area contributed by atoms with Crippen molar-refractivity contribution in [2.24, 2.45) is 16.8 Å². The molecule has 2 atom stereocenters. The highest BCUT2D eigenvalue weighted by atomic mass is 16.2. The summed E-state index contributed by atoms with van der Waals surface area (Å²) in [5.41, 5.74) is 3.40. The van der Waals surface area contributed by atoms with Crippen molar-refractivity contribution in [3.63, 3.8) is 0 Å². The number of fused-ring (bicyclic) bond motifs is 1. The summed E-state index contributed by atoms with van der Waals surface area (Å²) in [6.45, 7) is 7.77. The standard InChI is InChI=1S/C26H37N5O/c1-19-13-22(23-7-6-21(15-27-2)26-24(23)5-4-10-28-26)17-31(16-19)18-25(32)29-14-20-8-11-30(3)12-9-20/h4-7,10,15,19-20,22H,8-9,11-14,16-18H2,1-3H3,(H,29,32)/b27-15-/t19-,22-/m1/s1. The average molecular weight is 436 g/mol. The molecule has 1 N–H and O–H groups in total. The van der Waals surface area contributed by atoms with E-state index in [0.29, 0.717) is 24.3 Å². The zero-order valence-corrected chi connectivity index (χ0v) is 19.8. The highest BCUT2D eigenvalue weighted by Gasteiger charge is 2.28. The van der Waals surface area contributed by atoms with E-state index in [-0.39, 0.29) is 5.91 Å². The quantitative estimate of drug-likeness (QED) is 0.708. The minimum absolute atomic E-state index is 0.165. The van der Waals surface area contributed by atoms with Crippen LogP contribution in [0.15, 0.2) is 35.5 Å². The second-order valence-electron chi connectivity index (χ2n) is 9.81. The highest BCUT2D eigenvalue weighted by molar-refractivity contribution is 5.99. The summed E-state index contributed by atoms with van der Waals surface area (Å²) in [6, 6.07) is 8.56. The third-order valence-electron chi connectivity index (χ3n) is 7.07. The van der Waals surface area contributed by atoms with Crippen molar-refractivity contribution in [2.75, 3.05) is 53.4 Å². The normalized spacial score (nSPS) is 23.7. The van der Waals surface area contributed by atoms with Crippen molar-refractivity contribution in [1.82, 2.24) is 20.1 Å². The van der Waals surface area contributed by atoms with Crippen LogP contribution >= 0.6 is 0 Å². The van der Waals surface area contributed by atoms with Gasteiger partial charge in [-0.2, -0.15) is 0 Å². The van der Waals surface area contributed by atoms with Crippen LogP contribution in [0.4, 0.5) is 0 Å². The van der Waals surface area contributed by atoms with Crippen LogP contribution in [-0.2, 0) is 4.79 Å². The van der Waals surface area contributed by atoms with E-state index in [4.69, 9.17) is 0 Å². The highest BCUT2D eigenvalue weighted by Crippen LogP contribution is 2.34. The maximum absolute atomic E-state index is 12.7. The molecule has 0 spiro atoms. The zero-order chi connectivity index (χ0) is 22.5. The predicted octanol–water partition coefficient (Wildman–Crippen LogP) is 3.17. The predicted molar refractivity (Wildman–Crippen MR) is 131 cm³/mol. The molecule has 2 aliphatic rings. The first-order chi connectivity index (χ1) is 15.5. The summed E-state index contributed by atoms with van der Waals surface area (Å²) in [7, 11) is 3.97. The summed E-state index contributed by atoms with van der Waals surface area (Å²) >= 11 is 0. The summed E-state index contributed by atoms with van der Waals surface area (Å²) in [5.74, 6) is 1.74. The molecule has 32 heavy (non-hydrogen) atoms. The molecule has 0 saturated carbocycles. The molecule has 2 fully saturated rings. The van der Waals surface area contributed by atoms with Gasteiger partial charge in [0.15, 0.2) is 0 Å². The Hall–Kier alpha value is -2.31. The van der Waals surface area contributed by atoms with Crippen molar-refractivity contribution >= 4 is 23.0 Å². The number of benzene rings is 1. The van der Waals surface area contributed by atoms with Crippen LogP contribution in [0.1, 0.15) is 43.2 Å². The number of nitrogens with one attached hydrogen (secondary N) is 1. The van der Waals surface area contributed by atoms with Crippen LogP contribution in [-0.4, -0.2) is 80.3 Å². The lowest BCUT2D eigenvalue weighted by Gasteiger charge is -2.37. The van der Waals surface area contributed by atoms with Crippen LogP contribution in [0, 0.1) is 11.8 Å². The Morgan fingerprint density at radius 2 is 2.06 bits per heavy atom. The lowest BCUT2D eigenvalue weighted by atomic mass is 9.83. The summed E-state index contributed by atoms with van der Waals surface area (Å²) < 4.78 is 0. The van der Waals surface area contributed by atoms with E-state index in [1.54, 1.807) is 7.05 Å². The Kier molecular flexibility index (Phi) is 7.53. The topological polar surface area (TPSA) is 60.8 Å². The Bertz CT molecular complexity index is 950. The number of rotatable bonds is 6. The average Bonchev–Trinajstić information content (AvgIpc) is 2.79. The van der Waals surface area contributed by atoms with Gasteiger partial charge >= 0.3 is 0 Å². The molecule has 4 rings (SSSR count). The minimum atomic E-state index is 0.165. The van der Waals surface area contributed by atoms with Gasteiger partial charge in [-0.1, -0.05) is 25.1 Å². The molecule has 2 aromatic rings. The first kappa shape index (κ1) is 22.9. The number of hydrogen-bond donors (Lipinski definition) is 1. The van der Waals surface area contributed by atoms with E-state index >= 15 is 0 Å². The Morgan fingerprint density at radius 1 is 1.25 bits per heavy atom. The van der Waals surface area contributed by atoms with Gasteiger partial charge in [0, 0.05) is 50.0 Å². The van der Waals surface area contributed by atoms with Crippen molar-refractivity contribution in [3.05, 3.63) is 41.6 Å². The smallest absolute Gasteiger partial charge is 0.234 e. The first-order valence-electron chi connectivity index (χ1n) is 12.0. The fourth-order valence-corrected chi connectivity index (χ4v) is 5.42. The zero-order valence-electron chi connectivity index (χ0n) is 19.8. The number of aromatic nitrogens is 1. The van der Waals surface area contributed by atoms with E-state index in [2.05, 4.69) is 57.3 Å². The first-order valence-corrected chi connectivity index (χ1v) is 12.0. The molecule has 0 aliphatic carbocycles. The number of aliphatic imine (C=N–C) groups is 1. The van der Waals surface area contributed by atoms with Gasteiger partial charge in [0.2, 0.25) is 5.91 Å². The van der Waals surface area contributed by atoms with Crippen LogP contribution in [0.25, 0.3) is 10.9 Å². The number of hydrogen-bond acceptors (Lipinski definition) is 5. The molecule has 2 saturated heterocycles. The summed E-state index contributed by atoms with van der Waals surface area (Å²) in [4.78, 5) is 26.3. The molecule has 1 aromatic heterocycles. The molecule has 6 nitrogen and oxygen atoms in total. The number of likely N-dealkylation sites (tertiary alicyclic amines) is 2. The molecule has 0 radical (unpaired) electrons. The maximum atomic E-state index is 12.7. The molecular formula is C26H37N5O. The minimum Gasteiger partial charge on any atom is -0.355 e. The van der Waals surface area contributed by atoms with Gasteiger partial charge < -0.3 is 10.2 Å².